The van der Waals surface area contributed by atoms with Gasteiger partial charge in [-0.25, -0.2) is 0 Å². The molecular weight excluding hydrogens is 323 g/mol. The highest BCUT2D eigenvalue weighted by atomic mass is 35.5. The number of nitrogens with one attached hydrogen (secondary N) is 2. The number of aromatic amines is 1. The summed E-state index contributed by atoms with van der Waals surface area (Å²) in [5.74, 6) is -0.340. The van der Waals surface area contributed by atoms with Gasteiger partial charge in [0.25, 0.3) is 5.91 Å². The maximum atomic E-state index is 12.2. The molecule has 1 heterocycles. The Labute approximate surface area is 138 Å². The molecule has 116 valence electrons. The third-order valence-corrected chi connectivity index (χ3v) is 3.70. The van der Waals surface area contributed by atoms with Crippen LogP contribution in [-0.2, 0) is 6.42 Å². The van der Waals surface area contributed by atoms with Crippen LogP contribution >= 0.6 is 23.2 Å². The molecule has 0 fully saturated rings. The van der Waals surface area contributed by atoms with Gasteiger partial charge in [0.15, 0.2) is 0 Å². The van der Waals surface area contributed by atoms with Crippen LogP contribution < -0.4 is 10.9 Å². The molecule has 1 amide bonds. The Morgan fingerprint density at radius 1 is 1.23 bits per heavy atom. The fraction of sp³-hybridized carbons (Fsp3) is 0.250. The Morgan fingerprint density at radius 3 is 2.59 bits per heavy atom. The number of benzene rings is 1. The van der Waals surface area contributed by atoms with Crippen molar-refractivity contribution < 1.29 is 4.79 Å². The summed E-state index contributed by atoms with van der Waals surface area (Å²) in [5.41, 5.74) is 0.258. The second-order valence-electron chi connectivity index (χ2n) is 5.68. The number of carbonyl (C=O) groups is 1. The van der Waals surface area contributed by atoms with Gasteiger partial charge in [0.2, 0.25) is 5.56 Å². The number of rotatable bonds is 4. The van der Waals surface area contributed by atoms with Crippen molar-refractivity contribution in [3.8, 4) is 0 Å². The monoisotopic (exact) mass is 338 g/mol. The highest BCUT2D eigenvalue weighted by molar-refractivity contribution is 6.35. The first-order chi connectivity index (χ1) is 10.3. The van der Waals surface area contributed by atoms with Crippen molar-refractivity contribution in [1.29, 1.82) is 0 Å². The van der Waals surface area contributed by atoms with Gasteiger partial charge in [-0.2, -0.15) is 0 Å². The quantitative estimate of drug-likeness (QED) is 0.896. The second kappa shape index (κ2) is 6.55. The molecule has 2 aromatic rings. The Morgan fingerprint density at radius 2 is 1.95 bits per heavy atom. The molecule has 0 saturated heterocycles. The molecule has 2 N–H and O–H groups in total. The molecule has 0 unspecified atom stereocenters. The smallest absolute Gasteiger partial charge is 0.268 e. The number of carbonyl (C=O) groups excluding carboxylic acids is 1. The van der Waals surface area contributed by atoms with Crippen LogP contribution in [0.25, 0.3) is 0 Å². The zero-order valence-electron chi connectivity index (χ0n) is 12.2. The van der Waals surface area contributed by atoms with Crippen molar-refractivity contribution in [3.63, 3.8) is 0 Å². The van der Waals surface area contributed by atoms with Crippen LogP contribution in [-0.4, -0.2) is 16.4 Å². The van der Waals surface area contributed by atoms with Crippen molar-refractivity contribution in [2.24, 2.45) is 0 Å². The van der Waals surface area contributed by atoms with E-state index in [1.807, 2.05) is 19.9 Å². The summed E-state index contributed by atoms with van der Waals surface area (Å²) in [6, 6.07) is 9.72. The van der Waals surface area contributed by atoms with Crippen LogP contribution in [0.4, 0.5) is 0 Å². The fourth-order valence-electron chi connectivity index (χ4n) is 2.14. The Balaban J connectivity index is 2.13. The summed E-state index contributed by atoms with van der Waals surface area (Å²) in [6.45, 7) is 3.77. The van der Waals surface area contributed by atoms with E-state index < -0.39 is 5.54 Å². The van der Waals surface area contributed by atoms with Gasteiger partial charge in [0.05, 0.1) is 0 Å². The summed E-state index contributed by atoms with van der Waals surface area (Å²) >= 11 is 12.0. The summed E-state index contributed by atoms with van der Waals surface area (Å²) in [6.07, 6.45) is 0.534. The van der Waals surface area contributed by atoms with Crippen LogP contribution in [0, 0.1) is 0 Å². The number of aromatic nitrogens is 1. The van der Waals surface area contributed by atoms with Crippen LogP contribution in [0.5, 0.6) is 0 Å². The number of hydrogen-bond donors (Lipinski definition) is 2. The van der Waals surface area contributed by atoms with E-state index in [-0.39, 0.29) is 17.2 Å². The van der Waals surface area contributed by atoms with Gasteiger partial charge in [-0.3, -0.25) is 9.59 Å². The summed E-state index contributed by atoms with van der Waals surface area (Å²) in [7, 11) is 0. The van der Waals surface area contributed by atoms with Crippen molar-refractivity contribution in [2.75, 3.05) is 0 Å². The minimum absolute atomic E-state index is 0.225. The predicted molar refractivity (Wildman–Crippen MR) is 88.8 cm³/mol. The number of halogens is 2. The van der Waals surface area contributed by atoms with Crippen molar-refractivity contribution in [2.45, 2.75) is 25.8 Å². The van der Waals surface area contributed by atoms with Crippen LogP contribution in [0.2, 0.25) is 10.0 Å². The zero-order chi connectivity index (χ0) is 16.3. The van der Waals surface area contributed by atoms with E-state index in [4.69, 9.17) is 23.2 Å². The first kappa shape index (κ1) is 16.6. The number of hydrogen-bond acceptors (Lipinski definition) is 2. The second-order valence-corrected chi connectivity index (χ2v) is 6.52. The first-order valence-corrected chi connectivity index (χ1v) is 7.48. The van der Waals surface area contributed by atoms with Gasteiger partial charge in [0.1, 0.15) is 5.69 Å². The normalized spacial score (nSPS) is 11.3. The van der Waals surface area contributed by atoms with E-state index in [0.717, 1.165) is 5.56 Å². The average molecular weight is 339 g/mol. The molecule has 0 atom stereocenters. The standard InChI is InChI=1S/C16H16Cl2N2O2/c1-16(2,9-10-6-7-11(17)8-12(10)18)20-15(22)13-4-3-5-14(21)19-13/h3-8H,9H2,1-2H3,(H,19,21)(H,20,22). The molecule has 4 nitrogen and oxygen atoms in total. The third kappa shape index (κ3) is 4.36. The highest BCUT2D eigenvalue weighted by Gasteiger charge is 2.23. The molecule has 22 heavy (non-hydrogen) atoms. The molecule has 0 saturated carbocycles. The van der Waals surface area contributed by atoms with Gasteiger partial charge in [-0.05, 0) is 44.0 Å². The number of amides is 1. The lowest BCUT2D eigenvalue weighted by Crippen LogP contribution is -2.45. The van der Waals surface area contributed by atoms with E-state index in [9.17, 15) is 9.59 Å². The maximum absolute atomic E-state index is 12.2. The SMILES string of the molecule is CC(C)(Cc1ccc(Cl)cc1Cl)NC(=O)c1cccc(=O)[nH]1. The molecule has 0 spiro atoms. The average Bonchev–Trinajstić information content (AvgIpc) is 2.41. The minimum Gasteiger partial charge on any atom is -0.346 e. The van der Waals surface area contributed by atoms with Crippen LogP contribution in [0.15, 0.2) is 41.2 Å². The molecule has 1 aromatic carbocycles. The van der Waals surface area contributed by atoms with Gasteiger partial charge in [-0.15, -0.1) is 0 Å². The molecule has 1 aromatic heterocycles. The Hall–Kier alpha value is -1.78. The van der Waals surface area contributed by atoms with Gasteiger partial charge < -0.3 is 10.3 Å². The van der Waals surface area contributed by atoms with Crippen LogP contribution in [0.3, 0.4) is 0 Å². The molecule has 0 radical (unpaired) electrons. The number of pyridine rings is 1. The topological polar surface area (TPSA) is 62.0 Å². The van der Waals surface area contributed by atoms with Crippen LogP contribution in [0.1, 0.15) is 29.9 Å². The fourth-order valence-corrected chi connectivity index (χ4v) is 2.62. The molecule has 0 aliphatic heterocycles. The molecule has 0 bridgehead atoms. The molecule has 0 aliphatic rings. The molecular formula is C16H16Cl2N2O2. The Bertz CT molecular complexity index is 754. The molecule has 0 aliphatic carbocycles. The number of H-pyrrole nitrogens is 1. The molecule has 2 rings (SSSR count). The van der Waals surface area contributed by atoms with Gasteiger partial charge >= 0.3 is 0 Å². The lowest BCUT2D eigenvalue weighted by atomic mass is 9.94. The Kier molecular flexibility index (Phi) is 4.94. The van der Waals surface area contributed by atoms with Crippen molar-refractivity contribution >= 4 is 29.1 Å². The predicted octanol–water partition coefficient (Wildman–Crippen LogP) is 3.43. The largest absolute Gasteiger partial charge is 0.346 e. The summed E-state index contributed by atoms with van der Waals surface area (Å²) in [5, 5.41) is 4.01. The highest BCUT2D eigenvalue weighted by Crippen LogP contribution is 2.24. The van der Waals surface area contributed by atoms with E-state index in [1.165, 1.54) is 12.1 Å². The lowest BCUT2D eigenvalue weighted by Gasteiger charge is -2.27. The van der Waals surface area contributed by atoms with Crippen molar-refractivity contribution in [3.05, 3.63) is 68.1 Å². The van der Waals surface area contributed by atoms with E-state index in [0.29, 0.717) is 16.5 Å². The maximum Gasteiger partial charge on any atom is 0.268 e. The first-order valence-electron chi connectivity index (χ1n) is 6.73. The summed E-state index contributed by atoms with van der Waals surface area (Å²) < 4.78 is 0. The van der Waals surface area contributed by atoms with E-state index >= 15 is 0 Å². The molecule has 6 heteroatoms. The lowest BCUT2D eigenvalue weighted by molar-refractivity contribution is 0.0907. The zero-order valence-corrected chi connectivity index (χ0v) is 13.8. The van der Waals surface area contributed by atoms with Crippen molar-refractivity contribution in [1.82, 2.24) is 10.3 Å². The van der Waals surface area contributed by atoms with E-state index in [2.05, 4.69) is 10.3 Å². The minimum atomic E-state index is -0.540. The van der Waals surface area contributed by atoms with E-state index in [1.54, 1.807) is 18.2 Å². The van der Waals surface area contributed by atoms with Gasteiger partial charge in [0, 0.05) is 21.7 Å². The van der Waals surface area contributed by atoms with Gasteiger partial charge in [-0.1, -0.05) is 35.3 Å². The third-order valence-electron chi connectivity index (χ3n) is 3.11. The summed E-state index contributed by atoms with van der Waals surface area (Å²) in [4.78, 5) is 26.0.